The molecule has 1 unspecified atom stereocenters. The summed E-state index contributed by atoms with van der Waals surface area (Å²) >= 11 is 0. The molecule has 0 spiro atoms. The van der Waals surface area contributed by atoms with Crippen molar-refractivity contribution in [2.24, 2.45) is 0 Å². The molecule has 96 valence electrons. The van der Waals surface area contributed by atoms with Crippen LogP contribution in [0.3, 0.4) is 0 Å². The quantitative estimate of drug-likeness (QED) is 0.862. The van der Waals surface area contributed by atoms with Crippen LogP contribution in [0.2, 0.25) is 0 Å². The highest BCUT2D eigenvalue weighted by atomic mass is 19.4. The van der Waals surface area contributed by atoms with Crippen molar-refractivity contribution in [1.29, 1.82) is 0 Å². The SMILES string of the molecule is COc1ccccc1C(C)NCCC(F)(F)F. The number of methoxy groups -OCH3 is 1. The van der Waals surface area contributed by atoms with Crippen molar-refractivity contribution in [3.05, 3.63) is 29.8 Å². The number of halogens is 3. The van der Waals surface area contributed by atoms with Crippen LogP contribution in [0.5, 0.6) is 5.75 Å². The topological polar surface area (TPSA) is 21.3 Å². The first-order valence-electron chi connectivity index (χ1n) is 5.37. The Morgan fingerprint density at radius 2 is 1.94 bits per heavy atom. The second kappa shape index (κ2) is 5.91. The van der Waals surface area contributed by atoms with Crippen molar-refractivity contribution in [2.45, 2.75) is 25.6 Å². The first-order chi connectivity index (χ1) is 7.94. The molecule has 0 bridgehead atoms. The molecule has 1 atom stereocenters. The Morgan fingerprint density at radius 1 is 1.29 bits per heavy atom. The van der Waals surface area contributed by atoms with E-state index in [1.54, 1.807) is 13.2 Å². The fourth-order valence-electron chi connectivity index (χ4n) is 1.56. The first kappa shape index (κ1) is 13.8. The Labute approximate surface area is 98.8 Å². The average molecular weight is 247 g/mol. The fraction of sp³-hybridized carbons (Fsp3) is 0.500. The molecular weight excluding hydrogens is 231 g/mol. The van der Waals surface area contributed by atoms with Crippen molar-refractivity contribution in [2.75, 3.05) is 13.7 Å². The Bertz CT molecular complexity index is 352. The molecule has 0 aliphatic carbocycles. The van der Waals surface area contributed by atoms with E-state index in [9.17, 15) is 13.2 Å². The van der Waals surface area contributed by atoms with Crippen LogP contribution in [0.15, 0.2) is 24.3 Å². The predicted molar refractivity (Wildman–Crippen MR) is 60.1 cm³/mol. The van der Waals surface area contributed by atoms with E-state index >= 15 is 0 Å². The Hall–Kier alpha value is -1.23. The summed E-state index contributed by atoms with van der Waals surface area (Å²) in [6, 6.07) is 7.11. The third-order valence-electron chi connectivity index (χ3n) is 2.46. The van der Waals surface area contributed by atoms with Gasteiger partial charge in [-0.25, -0.2) is 0 Å². The molecule has 0 radical (unpaired) electrons. The van der Waals surface area contributed by atoms with Crippen molar-refractivity contribution in [3.63, 3.8) is 0 Å². The van der Waals surface area contributed by atoms with E-state index in [2.05, 4.69) is 5.32 Å². The van der Waals surface area contributed by atoms with Gasteiger partial charge < -0.3 is 10.1 Å². The van der Waals surface area contributed by atoms with Gasteiger partial charge in [-0.2, -0.15) is 13.2 Å². The summed E-state index contributed by atoms with van der Waals surface area (Å²) < 4.78 is 41.1. The van der Waals surface area contributed by atoms with E-state index in [4.69, 9.17) is 4.74 Å². The number of rotatable bonds is 5. The van der Waals surface area contributed by atoms with Gasteiger partial charge >= 0.3 is 6.18 Å². The number of ether oxygens (including phenoxy) is 1. The van der Waals surface area contributed by atoms with Crippen molar-refractivity contribution in [3.8, 4) is 5.75 Å². The third kappa shape index (κ3) is 4.65. The zero-order valence-corrected chi connectivity index (χ0v) is 9.84. The number of benzene rings is 1. The summed E-state index contributed by atoms with van der Waals surface area (Å²) in [6.45, 7) is 1.72. The highest BCUT2D eigenvalue weighted by Gasteiger charge is 2.26. The molecule has 0 saturated carbocycles. The lowest BCUT2D eigenvalue weighted by Gasteiger charge is -2.17. The molecule has 0 aromatic heterocycles. The lowest BCUT2D eigenvalue weighted by molar-refractivity contribution is -0.133. The van der Waals surface area contributed by atoms with Gasteiger partial charge in [0.2, 0.25) is 0 Å². The van der Waals surface area contributed by atoms with Gasteiger partial charge in [0.25, 0.3) is 0 Å². The summed E-state index contributed by atoms with van der Waals surface area (Å²) in [5.74, 6) is 0.680. The summed E-state index contributed by atoms with van der Waals surface area (Å²) in [5, 5.41) is 2.83. The minimum atomic E-state index is -4.12. The first-order valence-corrected chi connectivity index (χ1v) is 5.37. The summed E-state index contributed by atoms with van der Waals surface area (Å²) in [4.78, 5) is 0. The predicted octanol–water partition coefficient (Wildman–Crippen LogP) is 3.30. The standard InChI is InChI=1S/C12H16F3NO/c1-9(16-8-7-12(13,14)15)10-5-3-4-6-11(10)17-2/h3-6,9,16H,7-8H2,1-2H3. The largest absolute Gasteiger partial charge is 0.496 e. The lowest BCUT2D eigenvalue weighted by atomic mass is 10.1. The monoisotopic (exact) mass is 247 g/mol. The minimum absolute atomic E-state index is 0.0945. The van der Waals surface area contributed by atoms with Crippen LogP contribution in [0.1, 0.15) is 24.9 Å². The highest BCUT2D eigenvalue weighted by Crippen LogP contribution is 2.25. The molecule has 0 aliphatic rings. The van der Waals surface area contributed by atoms with Gasteiger partial charge in [-0.15, -0.1) is 0 Å². The van der Waals surface area contributed by atoms with E-state index in [-0.39, 0.29) is 12.6 Å². The van der Waals surface area contributed by atoms with Gasteiger partial charge in [-0.1, -0.05) is 18.2 Å². The number of hydrogen-bond acceptors (Lipinski definition) is 2. The smallest absolute Gasteiger partial charge is 0.390 e. The van der Waals surface area contributed by atoms with Crippen molar-refractivity contribution >= 4 is 0 Å². The molecular formula is C12H16F3NO. The number of alkyl halides is 3. The zero-order valence-electron chi connectivity index (χ0n) is 9.84. The van der Waals surface area contributed by atoms with Crippen molar-refractivity contribution in [1.82, 2.24) is 5.32 Å². The molecule has 0 amide bonds. The van der Waals surface area contributed by atoms with Gasteiger partial charge in [0.05, 0.1) is 13.5 Å². The summed E-state index contributed by atoms with van der Waals surface area (Å²) in [5.41, 5.74) is 0.858. The van der Waals surface area contributed by atoms with Crippen LogP contribution in [0, 0.1) is 0 Å². The minimum Gasteiger partial charge on any atom is -0.496 e. The fourth-order valence-corrected chi connectivity index (χ4v) is 1.56. The Morgan fingerprint density at radius 3 is 2.53 bits per heavy atom. The van der Waals surface area contributed by atoms with E-state index < -0.39 is 12.6 Å². The molecule has 0 aliphatic heterocycles. The highest BCUT2D eigenvalue weighted by molar-refractivity contribution is 5.35. The molecule has 17 heavy (non-hydrogen) atoms. The number of nitrogens with one attached hydrogen (secondary N) is 1. The Balaban J connectivity index is 2.55. The molecule has 0 saturated heterocycles. The van der Waals surface area contributed by atoms with Crippen LogP contribution in [-0.4, -0.2) is 19.8 Å². The maximum absolute atomic E-state index is 12.0. The van der Waals surface area contributed by atoms with E-state index in [0.29, 0.717) is 5.75 Å². The second-order valence-corrected chi connectivity index (χ2v) is 3.78. The van der Waals surface area contributed by atoms with Gasteiger partial charge in [0.15, 0.2) is 0 Å². The molecule has 2 nitrogen and oxygen atoms in total. The Kier molecular flexibility index (Phi) is 4.81. The molecule has 1 aromatic carbocycles. The third-order valence-corrected chi connectivity index (χ3v) is 2.46. The number of hydrogen-bond donors (Lipinski definition) is 1. The van der Waals surface area contributed by atoms with Crippen LogP contribution >= 0.6 is 0 Å². The van der Waals surface area contributed by atoms with E-state index in [1.165, 1.54) is 0 Å². The molecule has 1 aromatic rings. The maximum Gasteiger partial charge on any atom is 0.390 e. The zero-order chi connectivity index (χ0) is 12.9. The second-order valence-electron chi connectivity index (χ2n) is 3.78. The molecule has 1 rings (SSSR count). The van der Waals surface area contributed by atoms with Gasteiger partial charge in [0, 0.05) is 18.2 Å². The summed E-state index contributed by atoms with van der Waals surface area (Å²) in [6.07, 6.45) is -4.94. The molecule has 5 heteroatoms. The van der Waals surface area contributed by atoms with Gasteiger partial charge in [-0.05, 0) is 13.0 Å². The normalized spacial score (nSPS) is 13.5. The van der Waals surface area contributed by atoms with Crippen molar-refractivity contribution < 1.29 is 17.9 Å². The van der Waals surface area contributed by atoms with E-state index in [1.807, 2.05) is 25.1 Å². The molecule has 0 fully saturated rings. The van der Waals surface area contributed by atoms with Crippen LogP contribution in [0.25, 0.3) is 0 Å². The number of para-hydroxylation sites is 1. The molecule has 1 N–H and O–H groups in total. The van der Waals surface area contributed by atoms with Crippen LogP contribution in [0.4, 0.5) is 13.2 Å². The lowest BCUT2D eigenvalue weighted by Crippen LogP contribution is -2.24. The van der Waals surface area contributed by atoms with Gasteiger partial charge in [0.1, 0.15) is 5.75 Å². The van der Waals surface area contributed by atoms with E-state index in [0.717, 1.165) is 5.56 Å². The van der Waals surface area contributed by atoms with Crippen LogP contribution in [-0.2, 0) is 0 Å². The average Bonchev–Trinajstić information content (AvgIpc) is 2.27. The van der Waals surface area contributed by atoms with Gasteiger partial charge in [-0.3, -0.25) is 0 Å². The molecule has 0 heterocycles. The van der Waals surface area contributed by atoms with Crippen LogP contribution < -0.4 is 10.1 Å². The maximum atomic E-state index is 12.0. The summed E-state index contributed by atoms with van der Waals surface area (Å²) in [7, 11) is 1.54.